The van der Waals surface area contributed by atoms with Crippen LogP contribution in [0.2, 0.25) is 5.02 Å². The number of nitrogens with one attached hydrogen (secondary N) is 1. The highest BCUT2D eigenvalue weighted by Gasteiger charge is 2.18. The maximum absolute atomic E-state index is 6.22. The third kappa shape index (κ3) is 3.12. The van der Waals surface area contributed by atoms with Crippen LogP contribution in [0.5, 0.6) is 5.75 Å². The molecule has 3 nitrogen and oxygen atoms in total. The molecule has 1 saturated heterocycles. The summed E-state index contributed by atoms with van der Waals surface area (Å²) in [5.74, 6) is 0.868. The van der Waals surface area contributed by atoms with Gasteiger partial charge in [-0.25, -0.2) is 0 Å². The number of halogens is 1. The summed E-state index contributed by atoms with van der Waals surface area (Å²) in [6.07, 6.45) is 0. The monoisotopic (exact) mass is 254 g/mol. The molecular weight excluding hydrogens is 236 g/mol. The van der Waals surface area contributed by atoms with Gasteiger partial charge in [-0.1, -0.05) is 11.6 Å². The van der Waals surface area contributed by atoms with E-state index in [4.69, 9.17) is 16.3 Å². The molecule has 0 radical (unpaired) electrons. The number of benzene rings is 1. The van der Waals surface area contributed by atoms with Crippen molar-refractivity contribution in [3.8, 4) is 5.75 Å². The van der Waals surface area contributed by atoms with E-state index in [0.717, 1.165) is 42.5 Å². The number of hydrogen-bond donors (Lipinski definition) is 1. The molecule has 1 aliphatic rings. The summed E-state index contributed by atoms with van der Waals surface area (Å²) in [6.45, 7) is 6.28. The Balaban J connectivity index is 2.11. The molecule has 0 amide bonds. The van der Waals surface area contributed by atoms with E-state index in [1.807, 2.05) is 18.2 Å². The fraction of sp³-hybridized carbons (Fsp3) is 0.538. The number of hydrogen-bond acceptors (Lipinski definition) is 3. The van der Waals surface area contributed by atoms with Gasteiger partial charge in [0.1, 0.15) is 5.75 Å². The van der Waals surface area contributed by atoms with Gasteiger partial charge in [0.05, 0.1) is 7.11 Å². The van der Waals surface area contributed by atoms with Crippen LogP contribution in [-0.4, -0.2) is 37.7 Å². The third-order valence-electron chi connectivity index (χ3n) is 3.27. The van der Waals surface area contributed by atoms with Crippen LogP contribution in [0.25, 0.3) is 0 Å². The van der Waals surface area contributed by atoms with E-state index in [9.17, 15) is 0 Å². The van der Waals surface area contributed by atoms with Gasteiger partial charge in [0.25, 0.3) is 0 Å². The van der Waals surface area contributed by atoms with Crippen LogP contribution in [0, 0.1) is 0 Å². The highest BCUT2D eigenvalue weighted by atomic mass is 35.5. The van der Waals surface area contributed by atoms with Crippen LogP contribution in [0.4, 0.5) is 0 Å². The average Bonchev–Trinajstić information content (AvgIpc) is 2.35. The van der Waals surface area contributed by atoms with Crippen molar-refractivity contribution in [2.75, 3.05) is 26.7 Å². The van der Waals surface area contributed by atoms with Gasteiger partial charge in [0.15, 0.2) is 0 Å². The van der Waals surface area contributed by atoms with E-state index in [1.54, 1.807) is 7.11 Å². The SMILES string of the molecule is COc1ccc(Cl)c(CN2CCNC[C@H]2C)c1. The molecule has 1 aliphatic heterocycles. The van der Waals surface area contributed by atoms with E-state index >= 15 is 0 Å². The quantitative estimate of drug-likeness (QED) is 0.895. The second-order valence-electron chi connectivity index (χ2n) is 4.48. The van der Waals surface area contributed by atoms with Crippen LogP contribution < -0.4 is 10.1 Å². The van der Waals surface area contributed by atoms with Crippen molar-refractivity contribution in [2.45, 2.75) is 19.5 Å². The average molecular weight is 255 g/mol. The maximum atomic E-state index is 6.22. The Morgan fingerprint density at radius 3 is 3.06 bits per heavy atom. The van der Waals surface area contributed by atoms with Crippen LogP contribution in [0.15, 0.2) is 18.2 Å². The third-order valence-corrected chi connectivity index (χ3v) is 3.63. The van der Waals surface area contributed by atoms with Crippen LogP contribution in [0.3, 0.4) is 0 Å². The number of ether oxygens (including phenoxy) is 1. The van der Waals surface area contributed by atoms with E-state index in [0.29, 0.717) is 6.04 Å². The van der Waals surface area contributed by atoms with Crippen molar-refractivity contribution in [3.05, 3.63) is 28.8 Å². The molecule has 2 rings (SSSR count). The summed E-state index contributed by atoms with van der Waals surface area (Å²) < 4.78 is 5.24. The molecule has 1 heterocycles. The van der Waals surface area contributed by atoms with Gasteiger partial charge in [-0.2, -0.15) is 0 Å². The molecule has 0 unspecified atom stereocenters. The molecule has 17 heavy (non-hydrogen) atoms. The Bertz CT molecular complexity index is 384. The standard InChI is InChI=1S/C13H19ClN2O/c1-10-8-15-5-6-16(10)9-11-7-12(17-2)3-4-13(11)14/h3-4,7,10,15H,5-6,8-9H2,1-2H3/t10-/m1/s1. The first-order valence-electron chi connectivity index (χ1n) is 5.98. The van der Waals surface area contributed by atoms with E-state index in [1.165, 1.54) is 0 Å². The lowest BCUT2D eigenvalue weighted by Crippen LogP contribution is -2.49. The highest BCUT2D eigenvalue weighted by molar-refractivity contribution is 6.31. The van der Waals surface area contributed by atoms with Gasteiger partial charge in [0, 0.05) is 37.2 Å². The lowest BCUT2D eigenvalue weighted by molar-refractivity contribution is 0.165. The second kappa shape index (κ2) is 5.71. The summed E-state index contributed by atoms with van der Waals surface area (Å²) in [5.41, 5.74) is 1.14. The minimum absolute atomic E-state index is 0.547. The van der Waals surface area contributed by atoms with Crippen molar-refractivity contribution in [2.24, 2.45) is 0 Å². The molecule has 1 atom stereocenters. The molecule has 94 valence electrons. The molecule has 1 aromatic rings. The fourth-order valence-electron chi connectivity index (χ4n) is 2.14. The first kappa shape index (κ1) is 12.7. The fourth-order valence-corrected chi connectivity index (χ4v) is 2.31. The first-order valence-corrected chi connectivity index (χ1v) is 6.35. The zero-order valence-electron chi connectivity index (χ0n) is 10.4. The number of methoxy groups -OCH3 is 1. The lowest BCUT2D eigenvalue weighted by Gasteiger charge is -2.34. The lowest BCUT2D eigenvalue weighted by atomic mass is 10.1. The number of nitrogens with zero attached hydrogens (tertiary/aromatic N) is 1. The predicted molar refractivity (Wildman–Crippen MR) is 70.7 cm³/mol. The van der Waals surface area contributed by atoms with Crippen molar-refractivity contribution in [3.63, 3.8) is 0 Å². The van der Waals surface area contributed by atoms with Crippen LogP contribution in [0.1, 0.15) is 12.5 Å². The second-order valence-corrected chi connectivity index (χ2v) is 4.89. The van der Waals surface area contributed by atoms with Crippen LogP contribution >= 0.6 is 11.6 Å². The smallest absolute Gasteiger partial charge is 0.119 e. The van der Waals surface area contributed by atoms with E-state index in [2.05, 4.69) is 17.1 Å². The predicted octanol–water partition coefficient (Wildman–Crippen LogP) is 2.14. The molecule has 1 aromatic carbocycles. The maximum Gasteiger partial charge on any atom is 0.119 e. The molecule has 0 saturated carbocycles. The Labute approximate surface area is 108 Å². The van der Waals surface area contributed by atoms with E-state index in [-0.39, 0.29) is 0 Å². The zero-order valence-corrected chi connectivity index (χ0v) is 11.1. The molecule has 0 aromatic heterocycles. The minimum atomic E-state index is 0.547. The largest absolute Gasteiger partial charge is 0.497 e. The van der Waals surface area contributed by atoms with Gasteiger partial charge >= 0.3 is 0 Å². The van der Waals surface area contributed by atoms with Crippen molar-refractivity contribution < 1.29 is 4.74 Å². The van der Waals surface area contributed by atoms with Gasteiger partial charge < -0.3 is 10.1 Å². The summed E-state index contributed by atoms with van der Waals surface area (Å²) >= 11 is 6.22. The molecule has 0 bridgehead atoms. The summed E-state index contributed by atoms with van der Waals surface area (Å²) in [7, 11) is 1.68. The van der Waals surface area contributed by atoms with Gasteiger partial charge in [-0.05, 0) is 30.7 Å². The molecule has 1 fully saturated rings. The molecule has 0 aliphatic carbocycles. The van der Waals surface area contributed by atoms with Crippen LogP contribution in [-0.2, 0) is 6.54 Å². The Hall–Kier alpha value is -0.770. The van der Waals surface area contributed by atoms with Crippen molar-refractivity contribution in [1.29, 1.82) is 0 Å². The molecule has 0 spiro atoms. The molecule has 4 heteroatoms. The Morgan fingerprint density at radius 1 is 1.53 bits per heavy atom. The Morgan fingerprint density at radius 2 is 2.35 bits per heavy atom. The summed E-state index contributed by atoms with van der Waals surface area (Å²) in [4.78, 5) is 2.44. The minimum Gasteiger partial charge on any atom is -0.497 e. The summed E-state index contributed by atoms with van der Waals surface area (Å²) in [5, 5.41) is 4.20. The normalized spacial score (nSPS) is 21.5. The molecular formula is C13H19ClN2O. The zero-order chi connectivity index (χ0) is 12.3. The topological polar surface area (TPSA) is 24.5 Å². The first-order chi connectivity index (χ1) is 8.20. The van der Waals surface area contributed by atoms with Crippen molar-refractivity contribution >= 4 is 11.6 Å². The van der Waals surface area contributed by atoms with E-state index < -0.39 is 0 Å². The van der Waals surface area contributed by atoms with Crippen molar-refractivity contribution in [1.82, 2.24) is 10.2 Å². The number of piperazine rings is 1. The summed E-state index contributed by atoms with van der Waals surface area (Å²) in [6, 6.07) is 6.37. The number of rotatable bonds is 3. The van der Waals surface area contributed by atoms with Gasteiger partial charge in [-0.15, -0.1) is 0 Å². The highest BCUT2D eigenvalue weighted by Crippen LogP contribution is 2.24. The van der Waals surface area contributed by atoms with Gasteiger partial charge in [0.2, 0.25) is 0 Å². The molecule has 1 N–H and O–H groups in total. The Kier molecular flexibility index (Phi) is 4.26. The van der Waals surface area contributed by atoms with Gasteiger partial charge in [-0.3, -0.25) is 4.90 Å².